The molecule has 0 saturated carbocycles. The Morgan fingerprint density at radius 2 is 2.11 bits per heavy atom. The molecule has 4 nitrogen and oxygen atoms in total. The molecule has 19 heavy (non-hydrogen) atoms. The third-order valence-corrected chi connectivity index (χ3v) is 5.72. The fraction of sp³-hybridized carbons (Fsp3) is 0.538. The van der Waals surface area contributed by atoms with Gasteiger partial charge in [0.15, 0.2) is 0 Å². The molecule has 1 aliphatic heterocycles. The summed E-state index contributed by atoms with van der Waals surface area (Å²) in [6.45, 7) is 2.49. The monoisotopic (exact) mass is 303 g/mol. The molecule has 0 aliphatic carbocycles. The molecular weight excluding hydrogens is 286 g/mol. The minimum atomic E-state index is -3.55. The lowest BCUT2D eigenvalue weighted by Crippen LogP contribution is -2.42. The van der Waals surface area contributed by atoms with Crippen molar-refractivity contribution >= 4 is 21.6 Å². The van der Waals surface area contributed by atoms with Crippen LogP contribution >= 0.6 is 11.6 Å². The Morgan fingerprint density at radius 1 is 1.37 bits per heavy atom. The highest BCUT2D eigenvalue weighted by Crippen LogP contribution is 2.32. The van der Waals surface area contributed by atoms with Crippen LogP contribution in [0.15, 0.2) is 23.1 Å². The topological polar surface area (TPSA) is 46.6 Å². The van der Waals surface area contributed by atoms with E-state index in [9.17, 15) is 8.42 Å². The molecule has 0 aromatic heterocycles. The molecule has 0 bridgehead atoms. The van der Waals surface area contributed by atoms with Gasteiger partial charge in [0.05, 0.1) is 7.11 Å². The smallest absolute Gasteiger partial charge is 0.247 e. The van der Waals surface area contributed by atoms with Crippen molar-refractivity contribution in [2.45, 2.75) is 37.1 Å². The van der Waals surface area contributed by atoms with E-state index < -0.39 is 10.0 Å². The number of benzene rings is 1. The first-order valence-electron chi connectivity index (χ1n) is 6.32. The van der Waals surface area contributed by atoms with Gasteiger partial charge < -0.3 is 4.74 Å². The van der Waals surface area contributed by atoms with E-state index in [1.165, 1.54) is 13.2 Å². The van der Waals surface area contributed by atoms with Gasteiger partial charge in [-0.2, -0.15) is 4.31 Å². The average molecular weight is 304 g/mol. The van der Waals surface area contributed by atoms with Crippen molar-refractivity contribution in [2.24, 2.45) is 0 Å². The maximum Gasteiger partial charge on any atom is 0.247 e. The number of sulfonamides is 1. The van der Waals surface area contributed by atoms with Crippen LogP contribution < -0.4 is 4.74 Å². The molecule has 0 amide bonds. The minimum absolute atomic E-state index is 0.0161. The second kappa shape index (κ2) is 5.69. The molecule has 0 unspecified atom stereocenters. The van der Waals surface area contributed by atoms with Crippen molar-refractivity contribution in [2.75, 3.05) is 13.7 Å². The van der Waals surface area contributed by atoms with Crippen LogP contribution in [-0.4, -0.2) is 32.4 Å². The van der Waals surface area contributed by atoms with Crippen molar-refractivity contribution in [3.63, 3.8) is 0 Å². The lowest BCUT2D eigenvalue weighted by atomic mass is 10.1. The lowest BCUT2D eigenvalue weighted by Gasteiger charge is -2.32. The maximum absolute atomic E-state index is 12.7. The minimum Gasteiger partial charge on any atom is -0.495 e. The van der Waals surface area contributed by atoms with Crippen LogP contribution in [-0.2, 0) is 10.0 Å². The zero-order chi connectivity index (χ0) is 14.0. The molecule has 1 aliphatic rings. The van der Waals surface area contributed by atoms with Crippen molar-refractivity contribution in [1.29, 1.82) is 0 Å². The first kappa shape index (κ1) is 14.6. The Kier molecular flexibility index (Phi) is 4.38. The number of nitrogens with zero attached hydrogens (tertiary/aromatic N) is 1. The highest BCUT2D eigenvalue weighted by atomic mass is 35.5. The maximum atomic E-state index is 12.7. The first-order valence-corrected chi connectivity index (χ1v) is 8.14. The molecule has 0 N–H and O–H groups in total. The van der Waals surface area contributed by atoms with Gasteiger partial charge in [0.1, 0.15) is 10.6 Å². The van der Waals surface area contributed by atoms with E-state index in [0.29, 0.717) is 17.3 Å². The molecule has 1 aromatic carbocycles. The van der Waals surface area contributed by atoms with Gasteiger partial charge in [-0.25, -0.2) is 8.42 Å². The summed E-state index contributed by atoms with van der Waals surface area (Å²) in [6.07, 6.45) is 2.86. The standard InChI is InChI=1S/C13H18ClNO3S/c1-10-5-3-4-8-15(10)19(16,17)13-9-11(14)6-7-12(13)18-2/h6-7,9-10H,3-5,8H2,1-2H3/t10-/m1/s1. The number of rotatable bonds is 3. The van der Waals surface area contributed by atoms with Gasteiger partial charge in [-0.05, 0) is 38.0 Å². The lowest BCUT2D eigenvalue weighted by molar-refractivity contribution is 0.267. The SMILES string of the molecule is COc1ccc(Cl)cc1S(=O)(=O)N1CCCC[C@H]1C. The van der Waals surface area contributed by atoms with E-state index in [0.717, 1.165) is 19.3 Å². The van der Waals surface area contributed by atoms with Crippen LogP contribution in [0.2, 0.25) is 5.02 Å². The van der Waals surface area contributed by atoms with Crippen LogP contribution in [0.1, 0.15) is 26.2 Å². The molecule has 1 aromatic rings. The van der Waals surface area contributed by atoms with E-state index in [4.69, 9.17) is 16.3 Å². The van der Waals surface area contributed by atoms with Crippen LogP contribution in [0.5, 0.6) is 5.75 Å². The summed E-state index contributed by atoms with van der Waals surface area (Å²) in [4.78, 5) is 0.149. The summed E-state index contributed by atoms with van der Waals surface area (Å²) in [5.41, 5.74) is 0. The van der Waals surface area contributed by atoms with Gasteiger partial charge in [-0.1, -0.05) is 18.0 Å². The van der Waals surface area contributed by atoms with Crippen LogP contribution in [0, 0.1) is 0 Å². The van der Waals surface area contributed by atoms with Gasteiger partial charge in [0.25, 0.3) is 0 Å². The predicted molar refractivity (Wildman–Crippen MR) is 75.2 cm³/mol. The Balaban J connectivity index is 2.46. The van der Waals surface area contributed by atoms with Gasteiger partial charge in [-0.3, -0.25) is 0 Å². The molecule has 1 atom stereocenters. The second-order valence-electron chi connectivity index (χ2n) is 4.76. The first-order chi connectivity index (χ1) is 8.96. The fourth-order valence-electron chi connectivity index (χ4n) is 2.41. The van der Waals surface area contributed by atoms with Gasteiger partial charge in [-0.15, -0.1) is 0 Å². The summed E-state index contributed by atoms with van der Waals surface area (Å²) in [6, 6.07) is 4.68. The quantitative estimate of drug-likeness (QED) is 0.862. The zero-order valence-electron chi connectivity index (χ0n) is 11.1. The summed E-state index contributed by atoms with van der Waals surface area (Å²) in [5, 5.41) is 0.393. The second-order valence-corrected chi connectivity index (χ2v) is 7.05. The zero-order valence-corrected chi connectivity index (χ0v) is 12.7. The number of hydrogen-bond donors (Lipinski definition) is 0. The van der Waals surface area contributed by atoms with Crippen LogP contribution in [0.25, 0.3) is 0 Å². The summed E-state index contributed by atoms with van der Waals surface area (Å²) in [7, 11) is -2.09. The van der Waals surface area contributed by atoms with E-state index >= 15 is 0 Å². The van der Waals surface area contributed by atoms with E-state index in [1.807, 2.05) is 6.92 Å². The number of piperidine rings is 1. The number of halogens is 1. The molecule has 0 radical (unpaired) electrons. The average Bonchev–Trinajstić information content (AvgIpc) is 2.39. The summed E-state index contributed by atoms with van der Waals surface area (Å²) in [5.74, 6) is 0.335. The predicted octanol–water partition coefficient (Wildman–Crippen LogP) is 2.91. The molecule has 6 heteroatoms. The van der Waals surface area contributed by atoms with Crippen LogP contribution in [0.3, 0.4) is 0 Å². The van der Waals surface area contributed by atoms with Crippen LogP contribution in [0.4, 0.5) is 0 Å². The Labute approximate surface area is 119 Å². The van der Waals surface area contributed by atoms with Gasteiger partial charge >= 0.3 is 0 Å². The molecule has 1 heterocycles. The van der Waals surface area contributed by atoms with E-state index in [1.54, 1.807) is 16.4 Å². The number of hydrogen-bond acceptors (Lipinski definition) is 3. The fourth-order valence-corrected chi connectivity index (χ4v) is 4.53. The Hall–Kier alpha value is -0.780. The van der Waals surface area contributed by atoms with Crippen molar-refractivity contribution < 1.29 is 13.2 Å². The normalized spacial score (nSPS) is 21.3. The van der Waals surface area contributed by atoms with Gasteiger partial charge in [0.2, 0.25) is 10.0 Å². The van der Waals surface area contributed by atoms with Crippen molar-refractivity contribution in [1.82, 2.24) is 4.31 Å². The molecule has 1 saturated heterocycles. The van der Waals surface area contributed by atoms with Crippen molar-refractivity contribution in [3.05, 3.63) is 23.2 Å². The highest BCUT2D eigenvalue weighted by Gasteiger charge is 2.33. The van der Waals surface area contributed by atoms with Gasteiger partial charge in [0, 0.05) is 17.6 Å². The summed E-state index contributed by atoms with van der Waals surface area (Å²) < 4.78 is 32.1. The Morgan fingerprint density at radius 3 is 2.74 bits per heavy atom. The molecular formula is C13H18ClNO3S. The highest BCUT2D eigenvalue weighted by molar-refractivity contribution is 7.89. The number of methoxy groups -OCH3 is 1. The van der Waals surface area contributed by atoms with Crippen molar-refractivity contribution in [3.8, 4) is 5.75 Å². The van der Waals surface area contributed by atoms with E-state index in [2.05, 4.69) is 0 Å². The largest absolute Gasteiger partial charge is 0.495 e. The third-order valence-electron chi connectivity index (χ3n) is 3.45. The molecule has 1 fully saturated rings. The molecule has 0 spiro atoms. The molecule has 2 rings (SSSR count). The summed E-state index contributed by atoms with van der Waals surface area (Å²) >= 11 is 5.92. The number of ether oxygens (including phenoxy) is 1. The van der Waals surface area contributed by atoms with E-state index in [-0.39, 0.29) is 10.9 Å². The Bertz CT molecular complexity index is 559. The third kappa shape index (κ3) is 2.88. The molecule has 106 valence electrons.